The number of ether oxygens (including phenoxy) is 3. The van der Waals surface area contributed by atoms with Crippen molar-refractivity contribution in [3.8, 4) is 0 Å². The van der Waals surface area contributed by atoms with Gasteiger partial charge in [0.2, 0.25) is 0 Å². The second kappa shape index (κ2) is 5.92. The maximum Gasteiger partial charge on any atom is 0.268 e. The van der Waals surface area contributed by atoms with Crippen molar-refractivity contribution in [1.82, 2.24) is 0 Å². The molecular weight excluding hydrogens is 302 g/mol. The first kappa shape index (κ1) is 17.6. The molecule has 0 spiro atoms. The van der Waals surface area contributed by atoms with Crippen LogP contribution in [0.25, 0.3) is 0 Å². The van der Waals surface area contributed by atoms with Crippen molar-refractivity contribution in [2.75, 3.05) is 20.3 Å². The predicted molar refractivity (Wildman–Crippen MR) is 83.7 cm³/mol. The molecule has 4 fully saturated rings. The van der Waals surface area contributed by atoms with Crippen molar-refractivity contribution in [3.05, 3.63) is 0 Å². The molecular formula is C18H30F2O3. The van der Waals surface area contributed by atoms with Crippen LogP contribution in [0.3, 0.4) is 0 Å². The average molecular weight is 332 g/mol. The van der Waals surface area contributed by atoms with E-state index in [1.165, 1.54) is 0 Å². The Bertz CT molecular complexity index is 416. The maximum absolute atomic E-state index is 13.0. The minimum absolute atomic E-state index is 0.0775. The summed E-state index contributed by atoms with van der Waals surface area (Å²) in [5.41, 5.74) is -0.160. The number of halogens is 2. The number of rotatable bonds is 7. The van der Waals surface area contributed by atoms with Crippen LogP contribution < -0.4 is 0 Å². The smallest absolute Gasteiger partial charge is 0.268 e. The first-order chi connectivity index (χ1) is 10.7. The van der Waals surface area contributed by atoms with Crippen LogP contribution in [0.2, 0.25) is 0 Å². The van der Waals surface area contributed by atoms with E-state index < -0.39 is 12.5 Å². The third kappa shape index (κ3) is 3.57. The Hall–Kier alpha value is -0.260. The van der Waals surface area contributed by atoms with E-state index in [1.807, 2.05) is 0 Å². The summed E-state index contributed by atoms with van der Waals surface area (Å²) in [5.74, 6) is -1.47. The second-order valence-corrected chi connectivity index (χ2v) is 8.50. The van der Waals surface area contributed by atoms with E-state index in [9.17, 15) is 8.78 Å². The number of methoxy groups -OCH3 is 1. The van der Waals surface area contributed by atoms with Crippen LogP contribution in [0.4, 0.5) is 8.78 Å². The molecule has 134 valence electrons. The Morgan fingerprint density at radius 3 is 2.13 bits per heavy atom. The normalized spacial score (nSPS) is 42.7. The third-order valence-electron chi connectivity index (χ3n) is 5.98. The second-order valence-electron chi connectivity index (χ2n) is 8.50. The van der Waals surface area contributed by atoms with Gasteiger partial charge in [-0.3, -0.25) is 0 Å². The largest absolute Gasteiger partial charge is 0.378 e. The van der Waals surface area contributed by atoms with Gasteiger partial charge in [-0.2, -0.15) is 0 Å². The van der Waals surface area contributed by atoms with Gasteiger partial charge in [0.15, 0.2) is 0 Å². The fourth-order valence-electron chi connectivity index (χ4n) is 5.61. The zero-order chi connectivity index (χ0) is 16.9. The minimum Gasteiger partial charge on any atom is -0.378 e. The van der Waals surface area contributed by atoms with Crippen LogP contribution in [0.5, 0.6) is 0 Å². The van der Waals surface area contributed by atoms with Crippen molar-refractivity contribution < 1.29 is 23.0 Å². The summed E-state index contributed by atoms with van der Waals surface area (Å²) in [4.78, 5) is 0. The Morgan fingerprint density at radius 1 is 1.09 bits per heavy atom. The van der Waals surface area contributed by atoms with Gasteiger partial charge in [0.05, 0.1) is 23.9 Å². The Morgan fingerprint density at radius 2 is 1.65 bits per heavy atom. The van der Waals surface area contributed by atoms with Gasteiger partial charge in [0, 0.05) is 20.5 Å². The summed E-state index contributed by atoms with van der Waals surface area (Å²) in [6.07, 6.45) is 5.24. The van der Waals surface area contributed by atoms with Crippen LogP contribution in [-0.2, 0) is 14.2 Å². The molecule has 5 heteroatoms. The number of hydrogen-bond donors (Lipinski definition) is 0. The zero-order valence-electron chi connectivity index (χ0n) is 14.7. The van der Waals surface area contributed by atoms with Crippen molar-refractivity contribution >= 4 is 0 Å². The van der Waals surface area contributed by atoms with Crippen molar-refractivity contribution in [3.63, 3.8) is 0 Å². The van der Waals surface area contributed by atoms with Gasteiger partial charge in [0.1, 0.15) is 6.61 Å². The summed E-state index contributed by atoms with van der Waals surface area (Å²) in [5, 5.41) is 0. The summed E-state index contributed by atoms with van der Waals surface area (Å²) in [7, 11) is 1.80. The van der Waals surface area contributed by atoms with Gasteiger partial charge in [-0.15, -0.1) is 0 Å². The van der Waals surface area contributed by atoms with Gasteiger partial charge < -0.3 is 14.2 Å². The molecule has 0 aliphatic heterocycles. The minimum atomic E-state index is -2.75. The summed E-state index contributed by atoms with van der Waals surface area (Å²) >= 11 is 0. The lowest BCUT2D eigenvalue weighted by molar-refractivity contribution is -0.260. The molecule has 0 aromatic heterocycles. The van der Waals surface area contributed by atoms with Crippen molar-refractivity contribution in [1.29, 1.82) is 0 Å². The number of alkyl halides is 2. The first-order valence-corrected chi connectivity index (χ1v) is 8.84. The van der Waals surface area contributed by atoms with E-state index in [-0.39, 0.29) is 17.3 Å². The molecule has 0 heterocycles. The van der Waals surface area contributed by atoms with Gasteiger partial charge in [0.25, 0.3) is 5.92 Å². The molecule has 0 aromatic carbocycles. The molecule has 4 rings (SSSR count). The zero-order valence-corrected chi connectivity index (χ0v) is 14.7. The van der Waals surface area contributed by atoms with Crippen LogP contribution >= 0.6 is 0 Å². The van der Waals surface area contributed by atoms with Gasteiger partial charge in [-0.05, 0) is 57.3 Å². The Labute approximate surface area is 138 Å². The highest BCUT2D eigenvalue weighted by Crippen LogP contribution is 2.62. The van der Waals surface area contributed by atoms with Gasteiger partial charge >= 0.3 is 0 Å². The monoisotopic (exact) mass is 332 g/mol. The molecule has 0 amide bonds. The van der Waals surface area contributed by atoms with Crippen molar-refractivity contribution in [2.45, 2.75) is 76.1 Å². The molecule has 0 radical (unpaired) electrons. The van der Waals surface area contributed by atoms with E-state index in [1.54, 1.807) is 7.11 Å². The lowest BCUT2D eigenvalue weighted by Crippen LogP contribution is -2.64. The van der Waals surface area contributed by atoms with E-state index in [0.717, 1.165) is 39.0 Å². The highest BCUT2D eigenvalue weighted by Gasteiger charge is 2.62. The number of hydrogen-bond acceptors (Lipinski definition) is 3. The molecule has 4 bridgehead atoms. The summed E-state index contributed by atoms with van der Waals surface area (Å²) in [6.45, 7) is 5.04. The molecule has 0 saturated heterocycles. The van der Waals surface area contributed by atoms with Crippen molar-refractivity contribution in [2.24, 2.45) is 17.8 Å². The molecule has 2 atom stereocenters. The molecule has 0 aromatic rings. The molecule has 2 unspecified atom stereocenters. The molecule has 23 heavy (non-hydrogen) atoms. The van der Waals surface area contributed by atoms with Gasteiger partial charge in [-0.25, -0.2) is 8.78 Å². The molecule has 3 nitrogen and oxygen atoms in total. The van der Waals surface area contributed by atoms with E-state index in [0.29, 0.717) is 24.4 Å². The van der Waals surface area contributed by atoms with Crippen LogP contribution in [0.1, 0.15) is 52.9 Å². The van der Waals surface area contributed by atoms with Gasteiger partial charge in [-0.1, -0.05) is 0 Å². The first-order valence-electron chi connectivity index (χ1n) is 8.84. The van der Waals surface area contributed by atoms with Crippen LogP contribution in [0, 0.1) is 17.8 Å². The lowest BCUT2D eigenvalue weighted by Gasteiger charge is -2.64. The Balaban J connectivity index is 1.70. The van der Waals surface area contributed by atoms with Crippen LogP contribution in [-0.4, -0.2) is 43.6 Å². The standard InChI is InChI=1S/C18H30F2O3/c1-12(2)23-18-7-13-5-17(10-18,21-4)6-14(8-18)15(13)9-22-11-16(3,19)20/h12-15H,5-11H2,1-4H3. The maximum atomic E-state index is 13.0. The van der Waals surface area contributed by atoms with E-state index >= 15 is 0 Å². The topological polar surface area (TPSA) is 27.7 Å². The fraction of sp³-hybridized carbons (Fsp3) is 1.00. The molecule has 0 N–H and O–H groups in total. The lowest BCUT2D eigenvalue weighted by atomic mass is 9.48. The average Bonchev–Trinajstić information content (AvgIpc) is 2.38. The van der Waals surface area contributed by atoms with E-state index in [4.69, 9.17) is 14.2 Å². The predicted octanol–water partition coefficient (Wildman–Crippen LogP) is 4.05. The van der Waals surface area contributed by atoms with Crippen LogP contribution in [0.15, 0.2) is 0 Å². The summed E-state index contributed by atoms with van der Waals surface area (Å²) < 4.78 is 43.6. The molecule has 4 saturated carbocycles. The third-order valence-corrected chi connectivity index (χ3v) is 5.98. The molecule has 4 aliphatic rings. The summed E-state index contributed by atoms with van der Waals surface area (Å²) in [6, 6.07) is 0. The SMILES string of the molecule is COC12CC3CC(OC(C)C)(CC(C1)C3COCC(C)(F)F)C2. The van der Waals surface area contributed by atoms with E-state index in [2.05, 4.69) is 13.8 Å². The molecule has 4 aliphatic carbocycles. The fourth-order valence-corrected chi connectivity index (χ4v) is 5.61. The highest BCUT2D eigenvalue weighted by molar-refractivity contribution is 5.13. The quantitative estimate of drug-likeness (QED) is 0.704. The Kier molecular flexibility index (Phi) is 4.52. The highest BCUT2D eigenvalue weighted by atomic mass is 19.3.